The van der Waals surface area contributed by atoms with Gasteiger partial charge >= 0.3 is 0 Å². The molecule has 0 spiro atoms. The monoisotopic (exact) mass is 271 g/mol. The fourth-order valence-electron chi connectivity index (χ4n) is 1.35. The van der Waals surface area contributed by atoms with E-state index in [1.165, 1.54) is 0 Å². The zero-order valence-corrected chi connectivity index (χ0v) is 10.4. The van der Waals surface area contributed by atoms with Gasteiger partial charge in [-0.1, -0.05) is 0 Å². The van der Waals surface area contributed by atoms with E-state index >= 15 is 0 Å². The van der Waals surface area contributed by atoms with Crippen LogP contribution in [0, 0.1) is 0 Å². The van der Waals surface area contributed by atoms with Crippen LogP contribution < -0.4 is 4.90 Å². The lowest BCUT2D eigenvalue weighted by Crippen LogP contribution is -2.26. The highest BCUT2D eigenvalue weighted by Crippen LogP contribution is 2.22. The number of aldehydes is 1. The zero-order valence-electron chi connectivity index (χ0n) is 8.77. The maximum atomic E-state index is 10.6. The van der Waals surface area contributed by atoms with Crippen molar-refractivity contribution in [2.75, 3.05) is 18.5 Å². The number of anilines is 1. The molecule has 0 aliphatic carbocycles. The lowest BCUT2D eigenvalue weighted by atomic mass is 10.2. The van der Waals surface area contributed by atoms with Crippen LogP contribution in [0.5, 0.6) is 0 Å². The second-order valence-corrected chi connectivity index (χ2v) is 4.41. The lowest BCUT2D eigenvalue weighted by Gasteiger charge is -2.21. The first-order chi connectivity index (χ1) is 7.04. The molecule has 1 unspecified atom stereocenters. The summed E-state index contributed by atoms with van der Waals surface area (Å²) in [7, 11) is 1.90. The van der Waals surface area contributed by atoms with Gasteiger partial charge in [0.2, 0.25) is 0 Å². The van der Waals surface area contributed by atoms with Gasteiger partial charge in [-0.2, -0.15) is 0 Å². The summed E-state index contributed by atoms with van der Waals surface area (Å²) in [5.74, 6) is 0. The summed E-state index contributed by atoms with van der Waals surface area (Å²) in [4.78, 5) is 12.5. The number of nitrogens with zero attached hydrogens (tertiary/aromatic N) is 1. The number of rotatable bonds is 4. The Morgan fingerprint density at radius 3 is 2.73 bits per heavy atom. The molecule has 0 radical (unpaired) electrons. The maximum absolute atomic E-state index is 10.6. The predicted octanol–water partition coefficient (Wildman–Crippen LogP) is 2.08. The Labute approximate surface area is 97.8 Å². The van der Waals surface area contributed by atoms with E-state index < -0.39 is 0 Å². The molecular weight excluding hydrogens is 258 g/mol. The first-order valence-corrected chi connectivity index (χ1v) is 5.48. The second kappa shape index (κ2) is 5.28. The number of aliphatic hydroxyl groups is 1. The van der Waals surface area contributed by atoms with Crippen molar-refractivity contribution in [3.05, 3.63) is 28.2 Å². The molecule has 0 bridgehead atoms. The number of carbonyl (C=O) groups is 1. The third-order valence-corrected chi connectivity index (χ3v) is 2.78. The summed E-state index contributed by atoms with van der Waals surface area (Å²) in [6, 6.07) is 5.48. The van der Waals surface area contributed by atoms with Crippen LogP contribution >= 0.6 is 15.9 Å². The Morgan fingerprint density at radius 1 is 1.60 bits per heavy atom. The number of carbonyl (C=O) groups excluding carboxylic acids is 1. The molecule has 1 aromatic rings. The average Bonchev–Trinajstić information content (AvgIpc) is 2.16. The van der Waals surface area contributed by atoms with Gasteiger partial charge in [0.05, 0.1) is 6.10 Å². The van der Waals surface area contributed by atoms with Gasteiger partial charge in [0.1, 0.15) is 0 Å². The molecule has 0 aliphatic heterocycles. The van der Waals surface area contributed by atoms with Crippen LogP contribution in [0.2, 0.25) is 0 Å². The van der Waals surface area contributed by atoms with Crippen LogP contribution in [-0.2, 0) is 0 Å². The van der Waals surface area contributed by atoms with Gasteiger partial charge in [0.25, 0.3) is 0 Å². The third-order valence-electron chi connectivity index (χ3n) is 2.09. The maximum Gasteiger partial charge on any atom is 0.151 e. The number of hydrogen-bond donors (Lipinski definition) is 1. The van der Waals surface area contributed by atoms with Crippen molar-refractivity contribution in [2.45, 2.75) is 13.0 Å². The fourth-order valence-corrected chi connectivity index (χ4v) is 1.81. The van der Waals surface area contributed by atoms with Crippen molar-refractivity contribution in [1.29, 1.82) is 0 Å². The van der Waals surface area contributed by atoms with Gasteiger partial charge in [-0.15, -0.1) is 0 Å². The predicted molar refractivity (Wildman–Crippen MR) is 64.5 cm³/mol. The SMILES string of the molecule is CC(O)CN(C)c1ccc(C=O)c(Br)c1. The van der Waals surface area contributed by atoms with Crippen molar-refractivity contribution in [2.24, 2.45) is 0 Å². The molecule has 0 aliphatic rings. The van der Waals surface area contributed by atoms with Crippen LogP contribution in [0.4, 0.5) is 5.69 Å². The Balaban J connectivity index is 2.87. The Kier molecular flexibility index (Phi) is 4.29. The molecule has 82 valence electrons. The number of halogens is 1. The van der Waals surface area contributed by atoms with Crippen LogP contribution in [0.25, 0.3) is 0 Å². The number of hydrogen-bond acceptors (Lipinski definition) is 3. The Hall–Kier alpha value is -0.870. The minimum Gasteiger partial charge on any atom is -0.392 e. The number of likely N-dealkylation sites (N-methyl/N-ethyl adjacent to an activating group) is 1. The van der Waals surface area contributed by atoms with Gasteiger partial charge in [-0.3, -0.25) is 4.79 Å². The van der Waals surface area contributed by atoms with E-state index in [1.807, 2.05) is 24.1 Å². The van der Waals surface area contributed by atoms with Crippen molar-refractivity contribution in [1.82, 2.24) is 0 Å². The van der Waals surface area contributed by atoms with Crippen molar-refractivity contribution >= 4 is 27.9 Å². The molecule has 0 heterocycles. The zero-order chi connectivity index (χ0) is 11.4. The van der Waals surface area contributed by atoms with Crippen LogP contribution in [0.15, 0.2) is 22.7 Å². The van der Waals surface area contributed by atoms with Crippen LogP contribution in [0.1, 0.15) is 17.3 Å². The molecule has 1 rings (SSSR count). The minimum absolute atomic E-state index is 0.375. The molecule has 1 N–H and O–H groups in total. The third kappa shape index (κ3) is 3.32. The molecular formula is C11H14BrNO2. The summed E-state index contributed by atoms with van der Waals surface area (Å²) in [5, 5.41) is 9.24. The Morgan fingerprint density at radius 2 is 2.27 bits per heavy atom. The fraction of sp³-hybridized carbons (Fsp3) is 0.364. The summed E-state index contributed by atoms with van der Waals surface area (Å²) >= 11 is 3.32. The van der Waals surface area contributed by atoms with Crippen molar-refractivity contribution in [3.8, 4) is 0 Å². The molecule has 0 saturated carbocycles. The molecule has 0 aromatic heterocycles. The van der Waals surface area contributed by atoms with Gasteiger partial charge in [0.15, 0.2) is 6.29 Å². The minimum atomic E-state index is -0.375. The summed E-state index contributed by atoms with van der Waals surface area (Å²) in [5.41, 5.74) is 1.59. The van der Waals surface area contributed by atoms with E-state index in [4.69, 9.17) is 0 Å². The van der Waals surface area contributed by atoms with E-state index in [0.29, 0.717) is 12.1 Å². The molecule has 1 atom stereocenters. The molecule has 1 aromatic carbocycles. The highest BCUT2D eigenvalue weighted by molar-refractivity contribution is 9.10. The van der Waals surface area contributed by atoms with Crippen molar-refractivity contribution < 1.29 is 9.90 Å². The highest BCUT2D eigenvalue weighted by Gasteiger charge is 2.06. The van der Waals surface area contributed by atoms with Gasteiger partial charge in [-0.05, 0) is 41.1 Å². The van der Waals surface area contributed by atoms with Gasteiger partial charge in [-0.25, -0.2) is 0 Å². The number of benzene rings is 1. The topological polar surface area (TPSA) is 40.5 Å². The van der Waals surface area contributed by atoms with E-state index in [0.717, 1.165) is 16.4 Å². The summed E-state index contributed by atoms with van der Waals surface area (Å²) in [6.45, 7) is 2.30. The van der Waals surface area contributed by atoms with E-state index in [1.54, 1.807) is 13.0 Å². The van der Waals surface area contributed by atoms with Gasteiger partial charge in [0, 0.05) is 29.3 Å². The standard InChI is InChI=1S/C11H14BrNO2/c1-8(15)6-13(2)10-4-3-9(7-14)11(12)5-10/h3-5,7-8,15H,6H2,1-2H3. The number of aliphatic hydroxyl groups excluding tert-OH is 1. The molecule has 0 saturated heterocycles. The van der Waals surface area contributed by atoms with Crippen molar-refractivity contribution in [3.63, 3.8) is 0 Å². The summed E-state index contributed by atoms with van der Waals surface area (Å²) in [6.07, 6.45) is 0.433. The second-order valence-electron chi connectivity index (χ2n) is 3.55. The molecule has 3 nitrogen and oxygen atoms in total. The average molecular weight is 272 g/mol. The van der Waals surface area contributed by atoms with E-state index in [9.17, 15) is 9.90 Å². The Bertz CT molecular complexity index is 352. The molecule has 4 heteroatoms. The molecule has 0 fully saturated rings. The van der Waals surface area contributed by atoms with Crippen LogP contribution in [-0.4, -0.2) is 31.1 Å². The van der Waals surface area contributed by atoms with Gasteiger partial charge < -0.3 is 10.0 Å². The first-order valence-electron chi connectivity index (χ1n) is 4.68. The summed E-state index contributed by atoms with van der Waals surface area (Å²) < 4.78 is 0.771. The quantitative estimate of drug-likeness (QED) is 0.853. The van der Waals surface area contributed by atoms with E-state index in [-0.39, 0.29) is 6.10 Å². The highest BCUT2D eigenvalue weighted by atomic mass is 79.9. The van der Waals surface area contributed by atoms with E-state index in [2.05, 4.69) is 15.9 Å². The normalized spacial score (nSPS) is 12.3. The lowest BCUT2D eigenvalue weighted by molar-refractivity contribution is 0.112. The smallest absolute Gasteiger partial charge is 0.151 e. The first kappa shape index (κ1) is 12.2. The largest absolute Gasteiger partial charge is 0.392 e. The van der Waals surface area contributed by atoms with Crippen LogP contribution in [0.3, 0.4) is 0 Å². The molecule has 15 heavy (non-hydrogen) atoms. The molecule has 0 amide bonds.